The van der Waals surface area contributed by atoms with E-state index < -0.39 is 5.97 Å². The Bertz CT molecular complexity index is 454. The van der Waals surface area contributed by atoms with Crippen LogP contribution in [0.25, 0.3) is 0 Å². The first-order valence-electron chi connectivity index (χ1n) is 6.24. The number of carboxylic acids is 1. The van der Waals surface area contributed by atoms with Crippen LogP contribution >= 0.6 is 0 Å². The quantitative estimate of drug-likeness (QED) is 0.782. The third-order valence-corrected chi connectivity index (χ3v) is 3.16. The van der Waals surface area contributed by atoms with Crippen LogP contribution in [0.3, 0.4) is 0 Å². The molecular formula is C12H19N5O2. The van der Waals surface area contributed by atoms with E-state index in [0.717, 1.165) is 25.3 Å². The smallest absolute Gasteiger partial charge is 0.323 e. The number of likely N-dealkylation sites (N-methyl/N-ethyl adjacent to an activating group) is 2. The molecular weight excluding hydrogens is 246 g/mol. The molecule has 1 saturated heterocycles. The highest BCUT2D eigenvalue weighted by molar-refractivity contribution is 5.73. The van der Waals surface area contributed by atoms with Crippen molar-refractivity contribution in [3.05, 3.63) is 12.4 Å². The Morgan fingerprint density at radius 3 is 3.05 bits per heavy atom. The normalized spacial score (nSPS) is 19.4. The summed E-state index contributed by atoms with van der Waals surface area (Å²) in [6.07, 6.45) is 2.54. The van der Waals surface area contributed by atoms with E-state index >= 15 is 0 Å². The van der Waals surface area contributed by atoms with Gasteiger partial charge in [0.25, 0.3) is 0 Å². The van der Waals surface area contributed by atoms with Gasteiger partial charge in [-0.25, -0.2) is 9.97 Å². The summed E-state index contributed by atoms with van der Waals surface area (Å²) >= 11 is 0. The number of anilines is 2. The lowest BCUT2D eigenvalue weighted by atomic mass is 10.2. The molecule has 2 heterocycles. The van der Waals surface area contributed by atoms with E-state index in [9.17, 15) is 4.79 Å². The maximum Gasteiger partial charge on any atom is 0.323 e. The molecule has 7 heteroatoms. The van der Waals surface area contributed by atoms with Gasteiger partial charge < -0.3 is 20.2 Å². The maximum absolute atomic E-state index is 10.7. The SMILES string of the molecule is CN1CCC(Nc2cc(N(C)CC(=O)O)ncn2)C1. The van der Waals surface area contributed by atoms with Crippen molar-refractivity contribution in [1.29, 1.82) is 0 Å². The standard InChI is InChI=1S/C12H19N5O2/c1-16-4-3-9(6-16)15-10-5-11(14-8-13-10)17(2)7-12(18)19/h5,8-9H,3-4,6-7H2,1-2H3,(H,18,19)(H,13,14,15). The third-order valence-electron chi connectivity index (χ3n) is 3.16. The molecule has 0 saturated carbocycles. The van der Waals surface area contributed by atoms with Crippen LogP contribution in [0.4, 0.5) is 11.6 Å². The van der Waals surface area contributed by atoms with E-state index in [1.54, 1.807) is 18.0 Å². The number of hydrogen-bond donors (Lipinski definition) is 2. The summed E-state index contributed by atoms with van der Waals surface area (Å²) in [5, 5.41) is 12.1. The number of carboxylic acid groups (broad SMARTS) is 1. The number of carbonyl (C=O) groups is 1. The second-order valence-corrected chi connectivity index (χ2v) is 4.90. The molecule has 0 aliphatic carbocycles. The minimum atomic E-state index is -0.881. The second kappa shape index (κ2) is 5.83. The van der Waals surface area contributed by atoms with Crippen molar-refractivity contribution in [2.45, 2.75) is 12.5 Å². The monoisotopic (exact) mass is 265 g/mol. The first-order valence-corrected chi connectivity index (χ1v) is 6.24. The summed E-state index contributed by atoms with van der Waals surface area (Å²) in [4.78, 5) is 22.8. The first-order chi connectivity index (χ1) is 9.04. The van der Waals surface area contributed by atoms with E-state index in [1.807, 2.05) is 0 Å². The van der Waals surface area contributed by atoms with Crippen LogP contribution in [0.2, 0.25) is 0 Å². The third kappa shape index (κ3) is 3.78. The summed E-state index contributed by atoms with van der Waals surface area (Å²) in [5.41, 5.74) is 0. The van der Waals surface area contributed by atoms with Crippen molar-refractivity contribution in [1.82, 2.24) is 14.9 Å². The van der Waals surface area contributed by atoms with Crippen molar-refractivity contribution in [2.24, 2.45) is 0 Å². The Morgan fingerprint density at radius 2 is 2.42 bits per heavy atom. The molecule has 0 spiro atoms. The molecule has 1 atom stereocenters. The molecule has 19 heavy (non-hydrogen) atoms. The van der Waals surface area contributed by atoms with Crippen molar-refractivity contribution in [3.63, 3.8) is 0 Å². The fraction of sp³-hybridized carbons (Fsp3) is 0.583. The summed E-state index contributed by atoms with van der Waals surface area (Å²) in [6.45, 7) is 1.99. The molecule has 2 rings (SSSR count). The maximum atomic E-state index is 10.7. The van der Waals surface area contributed by atoms with Crippen molar-refractivity contribution < 1.29 is 9.90 Å². The van der Waals surface area contributed by atoms with E-state index in [-0.39, 0.29) is 6.54 Å². The topological polar surface area (TPSA) is 81.6 Å². The molecule has 1 aromatic rings. The Balaban J connectivity index is 2.00. The average molecular weight is 265 g/mol. The number of rotatable bonds is 5. The van der Waals surface area contributed by atoms with Gasteiger partial charge in [-0.2, -0.15) is 0 Å². The van der Waals surface area contributed by atoms with Crippen LogP contribution in [-0.4, -0.2) is 65.7 Å². The van der Waals surface area contributed by atoms with E-state index in [2.05, 4.69) is 27.2 Å². The van der Waals surface area contributed by atoms with Gasteiger partial charge in [0.1, 0.15) is 24.5 Å². The average Bonchev–Trinajstić information content (AvgIpc) is 2.74. The number of nitrogens with one attached hydrogen (secondary N) is 1. The molecule has 1 aliphatic heterocycles. The van der Waals surface area contributed by atoms with Gasteiger partial charge in [0.05, 0.1) is 0 Å². The highest BCUT2D eigenvalue weighted by Gasteiger charge is 2.19. The predicted molar refractivity (Wildman–Crippen MR) is 72.5 cm³/mol. The summed E-state index contributed by atoms with van der Waals surface area (Å²) in [6, 6.07) is 2.17. The minimum absolute atomic E-state index is 0.0807. The van der Waals surface area contributed by atoms with Gasteiger partial charge in [0.15, 0.2) is 0 Å². The van der Waals surface area contributed by atoms with Gasteiger partial charge in [-0.15, -0.1) is 0 Å². The second-order valence-electron chi connectivity index (χ2n) is 4.90. The molecule has 104 valence electrons. The molecule has 0 bridgehead atoms. The Morgan fingerprint density at radius 1 is 1.63 bits per heavy atom. The fourth-order valence-electron chi connectivity index (χ4n) is 2.18. The van der Waals surface area contributed by atoms with Crippen LogP contribution in [0.5, 0.6) is 0 Å². The van der Waals surface area contributed by atoms with E-state index in [1.165, 1.54) is 6.33 Å². The van der Waals surface area contributed by atoms with Gasteiger partial charge in [-0.1, -0.05) is 0 Å². The minimum Gasteiger partial charge on any atom is -0.480 e. The van der Waals surface area contributed by atoms with Crippen LogP contribution in [0.1, 0.15) is 6.42 Å². The van der Waals surface area contributed by atoms with Gasteiger partial charge in [0, 0.05) is 25.7 Å². The highest BCUT2D eigenvalue weighted by atomic mass is 16.4. The Hall–Kier alpha value is -1.89. The lowest BCUT2D eigenvalue weighted by Gasteiger charge is -2.17. The highest BCUT2D eigenvalue weighted by Crippen LogP contribution is 2.16. The van der Waals surface area contributed by atoms with Crippen molar-refractivity contribution in [3.8, 4) is 0 Å². The van der Waals surface area contributed by atoms with E-state index in [4.69, 9.17) is 5.11 Å². The molecule has 1 aromatic heterocycles. The van der Waals surface area contributed by atoms with Crippen molar-refractivity contribution in [2.75, 3.05) is 43.9 Å². The first kappa shape index (κ1) is 13.5. The van der Waals surface area contributed by atoms with Crippen LogP contribution in [0, 0.1) is 0 Å². The number of nitrogens with zero attached hydrogens (tertiary/aromatic N) is 4. The zero-order valence-corrected chi connectivity index (χ0v) is 11.2. The lowest BCUT2D eigenvalue weighted by Crippen LogP contribution is -2.27. The Labute approximate surface area is 112 Å². The molecule has 0 amide bonds. The molecule has 1 fully saturated rings. The zero-order valence-electron chi connectivity index (χ0n) is 11.2. The molecule has 2 N–H and O–H groups in total. The van der Waals surface area contributed by atoms with Crippen LogP contribution in [-0.2, 0) is 4.79 Å². The zero-order chi connectivity index (χ0) is 13.8. The molecule has 1 aliphatic rings. The van der Waals surface area contributed by atoms with Gasteiger partial charge in [-0.3, -0.25) is 4.79 Å². The summed E-state index contributed by atoms with van der Waals surface area (Å²) in [5.74, 6) is 0.460. The van der Waals surface area contributed by atoms with Gasteiger partial charge in [0.2, 0.25) is 0 Å². The number of likely N-dealkylation sites (tertiary alicyclic amines) is 1. The lowest BCUT2D eigenvalue weighted by molar-refractivity contribution is -0.135. The summed E-state index contributed by atoms with van der Waals surface area (Å²) < 4.78 is 0. The van der Waals surface area contributed by atoms with Gasteiger partial charge >= 0.3 is 5.97 Å². The fourth-order valence-corrected chi connectivity index (χ4v) is 2.18. The van der Waals surface area contributed by atoms with Crippen molar-refractivity contribution >= 4 is 17.6 Å². The van der Waals surface area contributed by atoms with Crippen LogP contribution < -0.4 is 10.2 Å². The summed E-state index contributed by atoms with van der Waals surface area (Å²) in [7, 11) is 3.79. The molecule has 0 aromatic carbocycles. The van der Waals surface area contributed by atoms with E-state index in [0.29, 0.717) is 11.9 Å². The van der Waals surface area contributed by atoms with Crippen LogP contribution in [0.15, 0.2) is 12.4 Å². The predicted octanol–water partition coefficient (Wildman–Crippen LogP) is 0.113. The Kier molecular flexibility index (Phi) is 4.16. The number of hydrogen-bond acceptors (Lipinski definition) is 6. The molecule has 7 nitrogen and oxygen atoms in total. The number of aliphatic carboxylic acids is 1. The molecule has 0 radical (unpaired) electrons. The number of aromatic nitrogens is 2. The molecule has 1 unspecified atom stereocenters. The van der Waals surface area contributed by atoms with Gasteiger partial charge in [-0.05, 0) is 20.0 Å². The largest absolute Gasteiger partial charge is 0.480 e.